The molecule has 104 valence electrons. The summed E-state index contributed by atoms with van der Waals surface area (Å²) in [6, 6.07) is 9.53. The Kier molecular flexibility index (Phi) is 4.19. The van der Waals surface area contributed by atoms with E-state index >= 15 is 0 Å². The molecule has 3 unspecified atom stereocenters. The molecule has 1 heterocycles. The van der Waals surface area contributed by atoms with Gasteiger partial charge in [-0.25, -0.2) is 0 Å². The van der Waals surface area contributed by atoms with E-state index in [9.17, 15) is 0 Å². The molecule has 3 rings (SSSR count). The van der Waals surface area contributed by atoms with Crippen LogP contribution in [0.4, 0.5) is 0 Å². The Bertz CT molecular complexity index is 415. The Balaban J connectivity index is 1.46. The van der Waals surface area contributed by atoms with Gasteiger partial charge in [-0.15, -0.1) is 0 Å². The summed E-state index contributed by atoms with van der Waals surface area (Å²) in [4.78, 5) is 0. The van der Waals surface area contributed by atoms with Crippen LogP contribution in [0.3, 0.4) is 0 Å². The summed E-state index contributed by atoms with van der Waals surface area (Å²) in [5.74, 6) is 0.740. The molecule has 0 spiro atoms. The second kappa shape index (κ2) is 6.06. The van der Waals surface area contributed by atoms with Crippen molar-refractivity contribution in [1.29, 1.82) is 0 Å². The molecule has 3 atom stereocenters. The van der Waals surface area contributed by atoms with Crippen molar-refractivity contribution < 1.29 is 4.74 Å². The third-order valence-corrected chi connectivity index (χ3v) is 4.59. The standard InChI is InChI=1S/C17H25NO/c1-2-5-16-11-15(8-9-19-16)18-12-14-10-13-6-3-4-7-17(13)14/h3-4,6-7,14-16,18H,2,5,8-12H2,1H3. The first-order valence-corrected chi connectivity index (χ1v) is 7.79. The summed E-state index contributed by atoms with van der Waals surface area (Å²) >= 11 is 0. The largest absolute Gasteiger partial charge is 0.378 e. The molecular formula is C17H25NO. The Morgan fingerprint density at radius 3 is 3.05 bits per heavy atom. The molecule has 0 aromatic heterocycles. The van der Waals surface area contributed by atoms with Crippen molar-refractivity contribution >= 4 is 0 Å². The molecule has 1 aliphatic heterocycles. The molecule has 2 aliphatic rings. The molecule has 1 N–H and O–H groups in total. The second-order valence-electron chi connectivity index (χ2n) is 6.01. The molecule has 0 bridgehead atoms. The van der Waals surface area contributed by atoms with E-state index in [2.05, 4.69) is 36.5 Å². The predicted molar refractivity (Wildman–Crippen MR) is 78.6 cm³/mol. The molecule has 1 aliphatic carbocycles. The van der Waals surface area contributed by atoms with Gasteiger partial charge in [0.2, 0.25) is 0 Å². The highest BCUT2D eigenvalue weighted by Gasteiger charge is 2.27. The first-order valence-electron chi connectivity index (χ1n) is 7.79. The Morgan fingerprint density at radius 1 is 1.32 bits per heavy atom. The minimum Gasteiger partial charge on any atom is -0.378 e. The van der Waals surface area contributed by atoms with Crippen molar-refractivity contribution in [3.05, 3.63) is 35.4 Å². The van der Waals surface area contributed by atoms with Gasteiger partial charge in [0.25, 0.3) is 0 Å². The van der Waals surface area contributed by atoms with Gasteiger partial charge < -0.3 is 10.1 Å². The second-order valence-corrected chi connectivity index (χ2v) is 6.01. The van der Waals surface area contributed by atoms with Gasteiger partial charge in [-0.3, -0.25) is 0 Å². The lowest BCUT2D eigenvalue weighted by molar-refractivity contribution is -0.00339. The summed E-state index contributed by atoms with van der Waals surface area (Å²) in [7, 11) is 0. The van der Waals surface area contributed by atoms with Gasteiger partial charge in [-0.1, -0.05) is 37.6 Å². The van der Waals surface area contributed by atoms with E-state index in [1.54, 1.807) is 11.1 Å². The van der Waals surface area contributed by atoms with Crippen molar-refractivity contribution in [2.24, 2.45) is 0 Å². The third-order valence-electron chi connectivity index (χ3n) is 4.59. The zero-order valence-electron chi connectivity index (χ0n) is 11.9. The first kappa shape index (κ1) is 13.1. The zero-order chi connectivity index (χ0) is 13.1. The molecule has 1 aromatic carbocycles. The summed E-state index contributed by atoms with van der Waals surface area (Å²) in [5, 5.41) is 3.77. The highest BCUT2D eigenvalue weighted by molar-refractivity contribution is 5.40. The van der Waals surface area contributed by atoms with Crippen molar-refractivity contribution in [3.8, 4) is 0 Å². The summed E-state index contributed by atoms with van der Waals surface area (Å²) < 4.78 is 5.81. The smallest absolute Gasteiger partial charge is 0.0589 e. The van der Waals surface area contributed by atoms with Gasteiger partial charge in [0.1, 0.15) is 0 Å². The number of fused-ring (bicyclic) bond motifs is 1. The van der Waals surface area contributed by atoms with E-state index in [4.69, 9.17) is 4.74 Å². The molecule has 1 aromatic rings. The average molecular weight is 259 g/mol. The van der Waals surface area contributed by atoms with Crippen molar-refractivity contribution in [3.63, 3.8) is 0 Å². The maximum Gasteiger partial charge on any atom is 0.0589 e. The van der Waals surface area contributed by atoms with E-state index in [0.717, 1.165) is 19.1 Å². The van der Waals surface area contributed by atoms with Crippen LogP contribution in [0, 0.1) is 0 Å². The minimum atomic E-state index is 0.491. The van der Waals surface area contributed by atoms with Crippen LogP contribution < -0.4 is 5.32 Å². The van der Waals surface area contributed by atoms with Gasteiger partial charge in [-0.2, -0.15) is 0 Å². The lowest BCUT2D eigenvalue weighted by Crippen LogP contribution is -2.42. The summed E-state index contributed by atoms with van der Waals surface area (Å²) in [5.41, 5.74) is 3.11. The van der Waals surface area contributed by atoms with E-state index in [-0.39, 0.29) is 0 Å². The summed E-state index contributed by atoms with van der Waals surface area (Å²) in [6.45, 7) is 4.32. The number of rotatable bonds is 5. The molecule has 0 radical (unpaired) electrons. The normalized spacial score (nSPS) is 29.6. The van der Waals surface area contributed by atoms with Gasteiger partial charge in [0.05, 0.1) is 6.10 Å². The molecule has 0 amide bonds. The maximum absolute atomic E-state index is 5.81. The predicted octanol–water partition coefficient (Wildman–Crippen LogP) is 3.26. The highest BCUT2D eigenvalue weighted by Crippen LogP contribution is 2.34. The SMILES string of the molecule is CCCC1CC(NCC2Cc3ccccc32)CCO1. The number of hydrogen-bond donors (Lipinski definition) is 1. The molecule has 2 heteroatoms. The van der Waals surface area contributed by atoms with Gasteiger partial charge in [0.15, 0.2) is 0 Å². The van der Waals surface area contributed by atoms with E-state index < -0.39 is 0 Å². The first-order chi connectivity index (χ1) is 9.36. The maximum atomic E-state index is 5.81. The van der Waals surface area contributed by atoms with Crippen molar-refractivity contribution in [1.82, 2.24) is 5.32 Å². The van der Waals surface area contributed by atoms with Crippen LogP contribution in [0.1, 0.15) is 49.7 Å². The van der Waals surface area contributed by atoms with Crippen LogP contribution >= 0.6 is 0 Å². The lowest BCUT2D eigenvalue weighted by atomic mass is 9.77. The topological polar surface area (TPSA) is 21.3 Å². The monoisotopic (exact) mass is 259 g/mol. The molecule has 19 heavy (non-hydrogen) atoms. The Morgan fingerprint density at radius 2 is 2.21 bits per heavy atom. The Labute approximate surface area is 116 Å². The number of ether oxygens (including phenoxy) is 1. The van der Waals surface area contributed by atoms with Gasteiger partial charge >= 0.3 is 0 Å². The van der Waals surface area contributed by atoms with Crippen LogP contribution in [0.15, 0.2) is 24.3 Å². The highest BCUT2D eigenvalue weighted by atomic mass is 16.5. The van der Waals surface area contributed by atoms with Crippen LogP contribution in [0.5, 0.6) is 0 Å². The average Bonchev–Trinajstić information content (AvgIpc) is 2.41. The van der Waals surface area contributed by atoms with Gasteiger partial charge in [-0.05, 0) is 36.8 Å². The number of benzene rings is 1. The fourth-order valence-corrected chi connectivity index (χ4v) is 3.44. The number of nitrogens with one attached hydrogen (secondary N) is 1. The van der Waals surface area contributed by atoms with Crippen molar-refractivity contribution in [2.75, 3.05) is 13.2 Å². The van der Waals surface area contributed by atoms with E-state index in [0.29, 0.717) is 12.1 Å². The van der Waals surface area contributed by atoms with E-state index in [1.165, 1.54) is 32.1 Å². The molecule has 0 saturated carbocycles. The molecule has 2 nitrogen and oxygen atoms in total. The minimum absolute atomic E-state index is 0.491. The lowest BCUT2D eigenvalue weighted by Gasteiger charge is -2.34. The molecule has 1 saturated heterocycles. The fourth-order valence-electron chi connectivity index (χ4n) is 3.44. The van der Waals surface area contributed by atoms with Crippen LogP contribution in [0.2, 0.25) is 0 Å². The third kappa shape index (κ3) is 3.01. The zero-order valence-corrected chi connectivity index (χ0v) is 11.9. The van der Waals surface area contributed by atoms with Crippen LogP contribution in [-0.4, -0.2) is 25.3 Å². The van der Waals surface area contributed by atoms with Crippen LogP contribution in [-0.2, 0) is 11.2 Å². The quantitative estimate of drug-likeness (QED) is 0.876. The Hall–Kier alpha value is -0.860. The van der Waals surface area contributed by atoms with Crippen molar-refractivity contribution in [2.45, 2.75) is 57.1 Å². The van der Waals surface area contributed by atoms with Crippen LogP contribution in [0.25, 0.3) is 0 Å². The fraction of sp³-hybridized carbons (Fsp3) is 0.647. The van der Waals surface area contributed by atoms with E-state index in [1.807, 2.05) is 0 Å². The molecular weight excluding hydrogens is 234 g/mol. The summed E-state index contributed by atoms with van der Waals surface area (Å²) in [6.07, 6.45) is 6.56. The number of hydrogen-bond acceptors (Lipinski definition) is 2. The van der Waals surface area contributed by atoms with Gasteiger partial charge in [0, 0.05) is 25.1 Å². The molecule has 1 fully saturated rings.